The van der Waals surface area contributed by atoms with Crippen LogP contribution in [0.3, 0.4) is 0 Å². The van der Waals surface area contributed by atoms with Crippen molar-refractivity contribution in [2.24, 2.45) is 0 Å². The van der Waals surface area contributed by atoms with Crippen molar-refractivity contribution in [3.63, 3.8) is 0 Å². The number of amides is 1. The Bertz CT molecular complexity index is 751. The van der Waals surface area contributed by atoms with Crippen molar-refractivity contribution in [1.82, 2.24) is 15.2 Å². The maximum absolute atomic E-state index is 11.7. The molecule has 2 heterocycles. The Morgan fingerprint density at radius 1 is 1.35 bits per heavy atom. The first-order chi connectivity index (χ1) is 12.6. The summed E-state index contributed by atoms with van der Waals surface area (Å²) < 4.78 is 5.41. The van der Waals surface area contributed by atoms with E-state index in [0.717, 1.165) is 22.5 Å². The molecule has 138 valence electrons. The number of methoxy groups -OCH3 is 1. The molecule has 1 saturated heterocycles. The van der Waals surface area contributed by atoms with Crippen molar-refractivity contribution in [2.45, 2.75) is 25.5 Å². The van der Waals surface area contributed by atoms with Gasteiger partial charge in [0.1, 0.15) is 0 Å². The van der Waals surface area contributed by atoms with Gasteiger partial charge in [0.15, 0.2) is 0 Å². The molecule has 1 unspecified atom stereocenters. The van der Waals surface area contributed by atoms with E-state index >= 15 is 0 Å². The molecule has 2 N–H and O–H groups in total. The van der Waals surface area contributed by atoms with E-state index in [0.29, 0.717) is 26.1 Å². The van der Waals surface area contributed by atoms with E-state index in [4.69, 9.17) is 9.72 Å². The van der Waals surface area contributed by atoms with E-state index in [9.17, 15) is 9.90 Å². The third-order valence-electron chi connectivity index (χ3n) is 4.86. The van der Waals surface area contributed by atoms with Crippen LogP contribution in [-0.4, -0.2) is 47.8 Å². The molecule has 1 aliphatic heterocycles. The van der Waals surface area contributed by atoms with Gasteiger partial charge in [-0.2, -0.15) is 0 Å². The summed E-state index contributed by atoms with van der Waals surface area (Å²) in [5.41, 5.74) is 3.86. The number of hydrogen-bond donors (Lipinski definition) is 2. The molecule has 0 aliphatic carbocycles. The lowest BCUT2D eigenvalue weighted by Gasteiger charge is -2.35. The molecule has 1 aliphatic rings. The van der Waals surface area contributed by atoms with Crippen LogP contribution in [0.25, 0.3) is 0 Å². The summed E-state index contributed by atoms with van der Waals surface area (Å²) in [6.07, 6.45) is -0.347. The highest BCUT2D eigenvalue weighted by molar-refractivity contribution is 5.66. The van der Waals surface area contributed by atoms with Crippen molar-refractivity contribution in [3.8, 4) is 0 Å². The molecule has 2 atom stereocenters. The van der Waals surface area contributed by atoms with E-state index in [1.807, 2.05) is 37.3 Å². The molecule has 1 aromatic heterocycles. The maximum atomic E-state index is 11.7. The van der Waals surface area contributed by atoms with Crippen LogP contribution in [0.4, 0.5) is 4.79 Å². The number of rotatable bonds is 5. The zero-order valence-corrected chi connectivity index (χ0v) is 15.2. The summed E-state index contributed by atoms with van der Waals surface area (Å²) in [7, 11) is 1.66. The number of nitrogens with one attached hydrogen (secondary N) is 1. The fraction of sp³-hybridized carbons (Fsp3) is 0.400. The van der Waals surface area contributed by atoms with E-state index in [1.165, 1.54) is 4.90 Å². The zero-order valence-electron chi connectivity index (χ0n) is 15.2. The van der Waals surface area contributed by atoms with Crippen LogP contribution < -0.4 is 5.32 Å². The van der Waals surface area contributed by atoms with Crippen LogP contribution in [0, 0.1) is 0 Å². The number of ether oxygens (including phenoxy) is 1. The van der Waals surface area contributed by atoms with Crippen molar-refractivity contribution >= 4 is 6.09 Å². The normalized spacial score (nSPS) is 18.5. The van der Waals surface area contributed by atoms with Gasteiger partial charge < -0.3 is 15.2 Å². The van der Waals surface area contributed by atoms with E-state index in [2.05, 4.69) is 17.4 Å². The Labute approximate surface area is 153 Å². The predicted molar refractivity (Wildman–Crippen MR) is 99.3 cm³/mol. The highest BCUT2D eigenvalue weighted by Crippen LogP contribution is 2.28. The summed E-state index contributed by atoms with van der Waals surface area (Å²) in [5.74, 6) is 0. The molecule has 6 heteroatoms. The van der Waals surface area contributed by atoms with Crippen molar-refractivity contribution in [2.75, 3.05) is 26.7 Å². The van der Waals surface area contributed by atoms with Gasteiger partial charge in [-0.15, -0.1) is 0 Å². The molecule has 1 amide bonds. The molecular weight excluding hydrogens is 330 g/mol. The number of carboxylic acid groups (broad SMARTS) is 1. The molecule has 6 nitrogen and oxygen atoms in total. The van der Waals surface area contributed by atoms with Gasteiger partial charge in [-0.1, -0.05) is 36.4 Å². The Kier molecular flexibility index (Phi) is 5.85. The van der Waals surface area contributed by atoms with E-state index in [1.54, 1.807) is 7.11 Å². The Balaban J connectivity index is 2.01. The third-order valence-corrected chi connectivity index (χ3v) is 4.86. The van der Waals surface area contributed by atoms with Gasteiger partial charge in [-0.05, 0) is 24.1 Å². The van der Waals surface area contributed by atoms with Gasteiger partial charge in [-0.3, -0.25) is 9.88 Å². The van der Waals surface area contributed by atoms with Gasteiger partial charge in [0.2, 0.25) is 0 Å². The van der Waals surface area contributed by atoms with Crippen molar-refractivity contribution in [3.05, 3.63) is 65.0 Å². The monoisotopic (exact) mass is 355 g/mol. The van der Waals surface area contributed by atoms with Gasteiger partial charge in [0, 0.05) is 33.2 Å². The molecule has 0 spiro atoms. The predicted octanol–water partition coefficient (Wildman–Crippen LogP) is 3.00. The number of hydrogen-bond acceptors (Lipinski definition) is 4. The lowest BCUT2D eigenvalue weighted by atomic mass is 9.96. The van der Waals surface area contributed by atoms with Gasteiger partial charge in [0.25, 0.3) is 0 Å². The minimum atomic E-state index is -0.892. The number of benzene rings is 1. The Morgan fingerprint density at radius 2 is 2.12 bits per heavy atom. The molecular formula is C20H25N3O3. The average Bonchev–Trinajstić information content (AvgIpc) is 2.68. The molecule has 1 aromatic carbocycles. The van der Waals surface area contributed by atoms with Gasteiger partial charge >= 0.3 is 6.09 Å². The molecule has 0 saturated carbocycles. The number of aromatic nitrogens is 1. The highest BCUT2D eigenvalue weighted by Gasteiger charge is 2.30. The summed E-state index contributed by atoms with van der Waals surface area (Å²) in [6.45, 7) is 3.69. The standard InChI is InChI=1S/C20H25N3O3/c1-14(26-2)17-9-8-16(19-13-21-10-11-23(19)20(24)25)18(22-17)12-15-6-4-3-5-7-15/h3-9,14,19,21H,10-13H2,1-2H3,(H,24,25)/t14-,19?/m0/s1. The van der Waals surface area contributed by atoms with Crippen LogP contribution in [0.2, 0.25) is 0 Å². The quantitative estimate of drug-likeness (QED) is 0.862. The van der Waals surface area contributed by atoms with Gasteiger partial charge in [0.05, 0.1) is 23.5 Å². The fourth-order valence-corrected chi connectivity index (χ4v) is 3.32. The van der Waals surface area contributed by atoms with Crippen LogP contribution in [0.5, 0.6) is 0 Å². The Hall–Kier alpha value is -2.44. The minimum Gasteiger partial charge on any atom is -0.465 e. The van der Waals surface area contributed by atoms with Crippen LogP contribution >= 0.6 is 0 Å². The Morgan fingerprint density at radius 3 is 2.81 bits per heavy atom. The highest BCUT2D eigenvalue weighted by atomic mass is 16.5. The van der Waals surface area contributed by atoms with Crippen LogP contribution in [-0.2, 0) is 11.2 Å². The summed E-state index contributed by atoms with van der Waals surface area (Å²) in [4.78, 5) is 18.0. The van der Waals surface area contributed by atoms with Gasteiger partial charge in [-0.25, -0.2) is 4.79 Å². The lowest BCUT2D eigenvalue weighted by Crippen LogP contribution is -2.48. The largest absolute Gasteiger partial charge is 0.465 e. The van der Waals surface area contributed by atoms with E-state index in [-0.39, 0.29) is 12.1 Å². The first-order valence-electron chi connectivity index (χ1n) is 8.87. The lowest BCUT2D eigenvalue weighted by molar-refractivity contribution is 0.110. The molecule has 1 fully saturated rings. The maximum Gasteiger partial charge on any atom is 0.407 e. The second-order valence-corrected chi connectivity index (χ2v) is 6.51. The number of nitrogens with zero attached hydrogens (tertiary/aromatic N) is 2. The molecule has 0 radical (unpaired) electrons. The first-order valence-corrected chi connectivity index (χ1v) is 8.87. The average molecular weight is 355 g/mol. The molecule has 2 aromatic rings. The van der Waals surface area contributed by atoms with Crippen molar-refractivity contribution in [1.29, 1.82) is 0 Å². The number of carbonyl (C=O) groups is 1. The third kappa shape index (κ3) is 4.03. The van der Waals surface area contributed by atoms with E-state index < -0.39 is 6.09 Å². The van der Waals surface area contributed by atoms with Crippen molar-refractivity contribution < 1.29 is 14.6 Å². The molecule has 26 heavy (non-hydrogen) atoms. The van der Waals surface area contributed by atoms with Crippen LogP contribution in [0.15, 0.2) is 42.5 Å². The number of pyridine rings is 1. The molecule has 3 rings (SSSR count). The number of piperazine rings is 1. The van der Waals surface area contributed by atoms with Crippen LogP contribution in [0.1, 0.15) is 41.6 Å². The SMILES string of the molecule is CO[C@@H](C)c1ccc(C2CNCCN2C(=O)O)c(Cc2ccccc2)n1. The summed E-state index contributed by atoms with van der Waals surface area (Å²) in [5, 5.41) is 12.9. The second-order valence-electron chi connectivity index (χ2n) is 6.51. The topological polar surface area (TPSA) is 74.7 Å². The second kappa shape index (κ2) is 8.29. The summed E-state index contributed by atoms with van der Waals surface area (Å²) in [6, 6.07) is 13.8. The summed E-state index contributed by atoms with van der Waals surface area (Å²) >= 11 is 0. The minimum absolute atomic E-state index is 0.112. The first kappa shape index (κ1) is 18.4. The molecule has 0 bridgehead atoms. The zero-order chi connectivity index (χ0) is 18.5. The fourth-order valence-electron chi connectivity index (χ4n) is 3.32. The smallest absolute Gasteiger partial charge is 0.407 e.